The summed E-state index contributed by atoms with van der Waals surface area (Å²) in [6.45, 7) is -0.544. The summed E-state index contributed by atoms with van der Waals surface area (Å²) in [7, 11) is 0. The molecular weight excluding hydrogens is 233 g/mol. The first-order valence-electron chi connectivity index (χ1n) is 4.53. The van der Waals surface area contributed by atoms with Gasteiger partial charge in [0.15, 0.2) is 0 Å². The molecule has 16 heavy (non-hydrogen) atoms. The molecule has 3 N–H and O–H groups in total. The van der Waals surface area contributed by atoms with Gasteiger partial charge in [-0.1, -0.05) is 0 Å². The van der Waals surface area contributed by atoms with E-state index in [0.29, 0.717) is 11.2 Å². The van der Waals surface area contributed by atoms with Crippen LogP contribution >= 0.6 is 0 Å². The van der Waals surface area contributed by atoms with E-state index in [1.54, 1.807) is 24.5 Å². The van der Waals surface area contributed by atoms with Crippen molar-refractivity contribution in [2.75, 3.05) is 6.61 Å². The Kier molecular flexibility index (Phi) is 5.10. The average Bonchev–Trinajstić information content (AvgIpc) is 2.63. The van der Waals surface area contributed by atoms with Crippen molar-refractivity contribution >= 4 is 16.9 Å². The SMILES string of the molecule is NC(=O)C(C[O-])c1c[nH]c2ncccc12.[K+]. The zero-order valence-corrected chi connectivity index (χ0v) is 12.1. The third-order valence-corrected chi connectivity index (χ3v) is 2.37. The van der Waals surface area contributed by atoms with Gasteiger partial charge in [0, 0.05) is 23.7 Å². The zero-order valence-electron chi connectivity index (χ0n) is 8.93. The van der Waals surface area contributed by atoms with Crippen molar-refractivity contribution in [2.45, 2.75) is 5.92 Å². The van der Waals surface area contributed by atoms with Crippen molar-refractivity contribution in [3.63, 3.8) is 0 Å². The molecule has 0 bridgehead atoms. The molecule has 0 aliphatic carbocycles. The van der Waals surface area contributed by atoms with Gasteiger partial charge in [0.1, 0.15) is 5.65 Å². The quantitative estimate of drug-likeness (QED) is 0.548. The number of aromatic amines is 1. The predicted octanol–water partition coefficient (Wildman–Crippen LogP) is -3.50. The van der Waals surface area contributed by atoms with Crippen molar-refractivity contribution in [1.29, 1.82) is 0 Å². The number of pyridine rings is 1. The maximum atomic E-state index is 11.1. The smallest absolute Gasteiger partial charge is 0.854 e. The molecule has 2 aromatic rings. The van der Waals surface area contributed by atoms with E-state index in [2.05, 4.69) is 9.97 Å². The van der Waals surface area contributed by atoms with Gasteiger partial charge in [-0.15, -0.1) is 6.61 Å². The maximum absolute atomic E-state index is 11.1. The van der Waals surface area contributed by atoms with Gasteiger partial charge < -0.3 is 15.8 Å². The Hall–Kier alpha value is -0.244. The fourth-order valence-corrected chi connectivity index (χ4v) is 1.59. The number of H-pyrrole nitrogens is 1. The number of hydrogen-bond donors (Lipinski definition) is 2. The molecule has 6 heteroatoms. The van der Waals surface area contributed by atoms with E-state index in [9.17, 15) is 9.90 Å². The Morgan fingerprint density at radius 2 is 2.38 bits per heavy atom. The monoisotopic (exact) mass is 243 g/mol. The van der Waals surface area contributed by atoms with Crippen molar-refractivity contribution < 1.29 is 61.3 Å². The number of nitrogens with two attached hydrogens (primary N) is 1. The van der Waals surface area contributed by atoms with Crippen LogP contribution in [0.25, 0.3) is 11.0 Å². The van der Waals surface area contributed by atoms with Gasteiger partial charge in [-0.25, -0.2) is 4.98 Å². The molecule has 0 fully saturated rings. The molecule has 1 atom stereocenters. The summed E-state index contributed by atoms with van der Waals surface area (Å²) in [6.07, 6.45) is 3.25. The van der Waals surface area contributed by atoms with Crippen molar-refractivity contribution in [2.24, 2.45) is 5.73 Å². The standard InChI is InChI=1S/C10H10N3O2.K/c11-9(15)8(5-14)7-4-13-10-6(7)2-1-3-12-10;/h1-4,8H,5H2,(H2,11,15)(H,12,13);/q-1;+1. The van der Waals surface area contributed by atoms with Gasteiger partial charge in [0.05, 0.1) is 0 Å². The summed E-state index contributed by atoms with van der Waals surface area (Å²) in [5.74, 6) is -1.39. The third-order valence-electron chi connectivity index (χ3n) is 2.37. The van der Waals surface area contributed by atoms with Gasteiger partial charge in [-0.05, 0) is 17.7 Å². The number of amides is 1. The number of nitrogens with zero attached hydrogens (tertiary/aromatic N) is 1. The second-order valence-electron chi connectivity index (χ2n) is 3.27. The van der Waals surface area contributed by atoms with Crippen LogP contribution in [0.3, 0.4) is 0 Å². The molecule has 0 aliphatic heterocycles. The van der Waals surface area contributed by atoms with E-state index >= 15 is 0 Å². The molecule has 5 nitrogen and oxygen atoms in total. The minimum Gasteiger partial charge on any atom is -0.854 e. The number of fused-ring (bicyclic) bond motifs is 1. The molecule has 2 heterocycles. The molecule has 0 spiro atoms. The van der Waals surface area contributed by atoms with Gasteiger partial charge in [-0.2, -0.15) is 0 Å². The Balaban J connectivity index is 0.00000128. The number of carbonyl (C=O) groups excluding carboxylic acids is 1. The molecule has 78 valence electrons. The van der Waals surface area contributed by atoms with Crippen LogP contribution in [0.15, 0.2) is 24.5 Å². The van der Waals surface area contributed by atoms with Crippen molar-refractivity contribution in [3.05, 3.63) is 30.1 Å². The van der Waals surface area contributed by atoms with Gasteiger partial charge in [-0.3, -0.25) is 4.79 Å². The van der Waals surface area contributed by atoms with Gasteiger partial charge >= 0.3 is 51.4 Å². The van der Waals surface area contributed by atoms with Crippen LogP contribution in [0.4, 0.5) is 0 Å². The first kappa shape index (κ1) is 13.8. The number of hydrogen-bond acceptors (Lipinski definition) is 3. The summed E-state index contributed by atoms with van der Waals surface area (Å²) >= 11 is 0. The molecular formula is C10H10KN3O2. The molecule has 0 saturated carbocycles. The second-order valence-corrected chi connectivity index (χ2v) is 3.27. The fraction of sp³-hybridized carbons (Fsp3) is 0.200. The Labute approximate surface area is 135 Å². The van der Waals surface area contributed by atoms with E-state index in [1.165, 1.54) is 0 Å². The summed E-state index contributed by atoms with van der Waals surface area (Å²) < 4.78 is 0. The van der Waals surface area contributed by atoms with Crippen LogP contribution < -0.4 is 62.2 Å². The number of nitrogens with one attached hydrogen (secondary N) is 1. The number of rotatable bonds is 3. The van der Waals surface area contributed by atoms with Crippen LogP contribution in [0.5, 0.6) is 0 Å². The molecule has 2 rings (SSSR count). The topological polar surface area (TPSA) is 94.8 Å². The summed E-state index contributed by atoms with van der Waals surface area (Å²) in [5, 5.41) is 11.7. The molecule has 0 saturated heterocycles. The minimum atomic E-state index is -0.789. The van der Waals surface area contributed by atoms with E-state index in [-0.39, 0.29) is 51.4 Å². The number of primary amides is 1. The van der Waals surface area contributed by atoms with E-state index in [1.807, 2.05) is 0 Å². The van der Waals surface area contributed by atoms with Crippen LogP contribution in [0.2, 0.25) is 0 Å². The van der Waals surface area contributed by atoms with Crippen LogP contribution in [-0.4, -0.2) is 22.5 Å². The van der Waals surface area contributed by atoms with Crippen molar-refractivity contribution in [1.82, 2.24) is 9.97 Å². The molecule has 1 amide bonds. The molecule has 1 unspecified atom stereocenters. The first-order valence-corrected chi connectivity index (χ1v) is 4.53. The van der Waals surface area contributed by atoms with Crippen LogP contribution in [0.1, 0.15) is 11.5 Å². The Bertz CT molecular complexity index is 498. The number of carbonyl (C=O) groups is 1. The summed E-state index contributed by atoms with van der Waals surface area (Å²) in [4.78, 5) is 18.0. The first-order chi connectivity index (χ1) is 7.24. The largest absolute Gasteiger partial charge is 1.00 e. The maximum Gasteiger partial charge on any atom is 1.00 e. The van der Waals surface area contributed by atoms with Gasteiger partial charge in [0.2, 0.25) is 5.91 Å². The molecule has 2 aromatic heterocycles. The zero-order chi connectivity index (χ0) is 10.8. The normalized spacial score (nSPS) is 12.1. The van der Waals surface area contributed by atoms with E-state index in [0.717, 1.165) is 5.39 Å². The summed E-state index contributed by atoms with van der Waals surface area (Å²) in [6, 6.07) is 3.56. The second kappa shape index (κ2) is 5.90. The van der Waals surface area contributed by atoms with E-state index < -0.39 is 18.4 Å². The Morgan fingerprint density at radius 1 is 1.62 bits per heavy atom. The van der Waals surface area contributed by atoms with Crippen LogP contribution in [-0.2, 0) is 4.79 Å². The van der Waals surface area contributed by atoms with Crippen LogP contribution in [0, 0.1) is 0 Å². The van der Waals surface area contributed by atoms with Gasteiger partial charge in [0.25, 0.3) is 0 Å². The minimum absolute atomic E-state index is 0. The fourth-order valence-electron chi connectivity index (χ4n) is 1.59. The molecule has 0 radical (unpaired) electrons. The van der Waals surface area contributed by atoms with E-state index in [4.69, 9.17) is 5.73 Å². The molecule has 0 aromatic carbocycles. The molecule has 0 aliphatic rings. The summed E-state index contributed by atoms with van der Waals surface area (Å²) in [5.41, 5.74) is 6.44. The Morgan fingerprint density at radius 3 is 3.00 bits per heavy atom. The third kappa shape index (κ3) is 2.53. The number of aromatic nitrogens is 2. The van der Waals surface area contributed by atoms with Crippen molar-refractivity contribution in [3.8, 4) is 0 Å². The average molecular weight is 243 g/mol. The predicted molar refractivity (Wildman–Crippen MR) is 52.9 cm³/mol.